The molecule has 0 amide bonds. The monoisotopic (exact) mass is 530 g/mol. The average Bonchev–Trinajstić information content (AvgIpc) is 2.74. The molecule has 2 aromatic carbocycles. The highest BCUT2D eigenvalue weighted by Crippen LogP contribution is 2.37. The number of hydrogen-bond donors (Lipinski definition) is 0. The minimum Gasteiger partial charge on any atom is -0.493 e. The van der Waals surface area contributed by atoms with Gasteiger partial charge in [0.25, 0.3) is 0 Å². The molecule has 0 N–H and O–H groups in total. The Labute approximate surface area is 198 Å². The SMILES string of the molecule is O=C1C(Oc2ccccc2Br)=COC2CC(OCc3c(Cl)ccc(Cl)c3Cl)CCC12. The summed E-state index contributed by atoms with van der Waals surface area (Å²) in [5, 5.41) is 1.35. The van der Waals surface area contributed by atoms with E-state index in [1.54, 1.807) is 18.2 Å². The number of hydrogen-bond acceptors (Lipinski definition) is 4. The van der Waals surface area contributed by atoms with Gasteiger partial charge >= 0.3 is 0 Å². The summed E-state index contributed by atoms with van der Waals surface area (Å²) in [4.78, 5) is 12.9. The number of benzene rings is 2. The van der Waals surface area contributed by atoms with Crippen LogP contribution >= 0.6 is 50.7 Å². The second kappa shape index (κ2) is 9.49. The van der Waals surface area contributed by atoms with Crippen molar-refractivity contribution in [2.75, 3.05) is 0 Å². The zero-order valence-corrected chi connectivity index (χ0v) is 19.6. The van der Waals surface area contributed by atoms with Crippen molar-refractivity contribution in [2.45, 2.75) is 38.1 Å². The van der Waals surface area contributed by atoms with Crippen molar-refractivity contribution in [3.8, 4) is 5.75 Å². The number of ketones is 1. The summed E-state index contributed by atoms with van der Waals surface area (Å²) in [5.74, 6) is 0.513. The molecule has 1 aliphatic carbocycles. The Balaban J connectivity index is 1.39. The van der Waals surface area contributed by atoms with Gasteiger partial charge in [0.1, 0.15) is 18.1 Å². The summed E-state index contributed by atoms with van der Waals surface area (Å²) in [6.45, 7) is 0.250. The number of carbonyl (C=O) groups excluding carboxylic acids is 1. The predicted molar refractivity (Wildman–Crippen MR) is 120 cm³/mol. The summed E-state index contributed by atoms with van der Waals surface area (Å²) < 4.78 is 18.4. The topological polar surface area (TPSA) is 44.8 Å². The second-order valence-corrected chi connectivity index (χ2v) is 9.27. The van der Waals surface area contributed by atoms with Gasteiger partial charge in [-0.15, -0.1) is 0 Å². The van der Waals surface area contributed by atoms with Crippen LogP contribution in [0.15, 0.2) is 52.9 Å². The molecule has 4 rings (SSSR count). The third kappa shape index (κ3) is 4.66. The number of Topliss-reactive ketones (excluding diaryl/α,β-unsaturated/α-hetero) is 1. The van der Waals surface area contributed by atoms with E-state index in [1.165, 1.54) is 6.26 Å². The van der Waals surface area contributed by atoms with Gasteiger partial charge < -0.3 is 14.2 Å². The van der Waals surface area contributed by atoms with E-state index in [0.29, 0.717) is 39.2 Å². The van der Waals surface area contributed by atoms with Crippen LogP contribution in [-0.2, 0) is 20.9 Å². The molecule has 0 radical (unpaired) electrons. The molecule has 30 heavy (non-hydrogen) atoms. The Morgan fingerprint density at radius 2 is 1.83 bits per heavy atom. The summed E-state index contributed by atoms with van der Waals surface area (Å²) in [7, 11) is 0. The van der Waals surface area contributed by atoms with Crippen LogP contribution in [0.5, 0.6) is 5.75 Å². The number of rotatable bonds is 5. The van der Waals surface area contributed by atoms with Gasteiger partial charge in [-0.25, -0.2) is 0 Å². The highest BCUT2D eigenvalue weighted by atomic mass is 79.9. The van der Waals surface area contributed by atoms with Gasteiger partial charge in [0.2, 0.25) is 11.5 Å². The number of carbonyl (C=O) groups is 1. The van der Waals surface area contributed by atoms with Gasteiger partial charge in [-0.3, -0.25) is 4.79 Å². The zero-order chi connectivity index (χ0) is 21.3. The third-order valence-corrected chi connectivity index (χ3v) is 7.18. The minimum atomic E-state index is -0.245. The molecule has 1 saturated carbocycles. The van der Waals surface area contributed by atoms with Crippen LogP contribution in [0, 0.1) is 5.92 Å². The van der Waals surface area contributed by atoms with E-state index in [1.807, 2.05) is 18.2 Å². The van der Waals surface area contributed by atoms with Gasteiger partial charge in [-0.2, -0.15) is 0 Å². The van der Waals surface area contributed by atoms with Crippen LogP contribution in [-0.4, -0.2) is 18.0 Å². The van der Waals surface area contributed by atoms with Gasteiger partial charge in [-0.1, -0.05) is 46.9 Å². The number of halogens is 4. The predicted octanol–water partition coefficient (Wildman–Crippen LogP) is 6.98. The van der Waals surface area contributed by atoms with Gasteiger partial charge in [-0.05, 0) is 53.0 Å². The number of ether oxygens (including phenoxy) is 3. The van der Waals surface area contributed by atoms with E-state index in [2.05, 4.69) is 15.9 Å². The van der Waals surface area contributed by atoms with E-state index in [4.69, 9.17) is 49.0 Å². The Hall–Kier alpha value is -1.24. The Kier molecular flexibility index (Phi) is 6.95. The normalized spacial score (nSPS) is 23.4. The van der Waals surface area contributed by atoms with E-state index < -0.39 is 0 Å². The largest absolute Gasteiger partial charge is 0.493 e. The Morgan fingerprint density at radius 3 is 2.63 bits per heavy atom. The van der Waals surface area contributed by atoms with E-state index in [0.717, 1.165) is 10.9 Å². The maximum Gasteiger partial charge on any atom is 0.208 e. The summed E-state index contributed by atoms with van der Waals surface area (Å²) in [5.41, 5.74) is 0.664. The molecule has 3 atom stereocenters. The molecule has 4 nitrogen and oxygen atoms in total. The maximum absolute atomic E-state index is 12.9. The van der Waals surface area contributed by atoms with Crippen molar-refractivity contribution in [1.29, 1.82) is 0 Å². The van der Waals surface area contributed by atoms with Crippen LogP contribution in [0.25, 0.3) is 0 Å². The lowest BCUT2D eigenvalue weighted by Gasteiger charge is -2.37. The lowest BCUT2D eigenvalue weighted by Crippen LogP contribution is -2.42. The molecule has 0 aromatic heterocycles. The summed E-state index contributed by atoms with van der Waals surface area (Å²) in [6, 6.07) is 10.7. The zero-order valence-electron chi connectivity index (χ0n) is 15.7. The first-order valence-electron chi connectivity index (χ1n) is 9.50. The molecule has 1 heterocycles. The minimum absolute atomic E-state index is 0.0404. The fraction of sp³-hybridized carbons (Fsp3) is 0.318. The second-order valence-electron chi connectivity index (χ2n) is 7.23. The average molecular weight is 533 g/mol. The quantitative estimate of drug-likeness (QED) is 0.390. The molecular weight excluding hydrogens is 515 g/mol. The summed E-state index contributed by atoms with van der Waals surface area (Å²) in [6.07, 6.45) is 3.09. The summed E-state index contributed by atoms with van der Waals surface area (Å²) >= 11 is 22.0. The van der Waals surface area contributed by atoms with Crippen molar-refractivity contribution < 1.29 is 19.0 Å². The Bertz CT molecular complexity index is 994. The van der Waals surface area contributed by atoms with Crippen molar-refractivity contribution in [2.24, 2.45) is 5.92 Å². The molecule has 3 unspecified atom stereocenters. The first-order valence-corrected chi connectivity index (χ1v) is 11.4. The standard InChI is InChI=1S/C22H18BrCl3O4/c23-15-3-1-2-4-18(15)30-20-11-29-19-9-12(5-6-13(19)22(20)27)28-10-14-16(24)7-8-17(25)21(14)26/h1-4,7-8,11-13,19H,5-6,9-10H2. The maximum atomic E-state index is 12.9. The van der Waals surface area contributed by atoms with E-state index >= 15 is 0 Å². The number of para-hydroxylation sites is 1. The smallest absolute Gasteiger partial charge is 0.208 e. The first-order chi connectivity index (χ1) is 14.4. The van der Waals surface area contributed by atoms with Crippen LogP contribution < -0.4 is 4.74 Å². The van der Waals surface area contributed by atoms with Crippen LogP contribution in [0.2, 0.25) is 15.1 Å². The molecule has 0 bridgehead atoms. The number of allylic oxidation sites excluding steroid dienone is 1. The van der Waals surface area contributed by atoms with E-state index in [-0.39, 0.29) is 36.3 Å². The molecule has 158 valence electrons. The molecule has 0 spiro atoms. The molecule has 8 heteroatoms. The molecule has 1 aliphatic heterocycles. The highest BCUT2D eigenvalue weighted by Gasteiger charge is 2.41. The van der Waals surface area contributed by atoms with Gasteiger partial charge in [0.15, 0.2) is 0 Å². The Morgan fingerprint density at radius 1 is 1.07 bits per heavy atom. The van der Waals surface area contributed by atoms with Crippen molar-refractivity contribution in [3.05, 3.63) is 73.5 Å². The van der Waals surface area contributed by atoms with Crippen LogP contribution in [0.1, 0.15) is 24.8 Å². The lowest BCUT2D eigenvalue weighted by atomic mass is 9.80. The lowest BCUT2D eigenvalue weighted by molar-refractivity contribution is -0.134. The van der Waals surface area contributed by atoms with Crippen molar-refractivity contribution >= 4 is 56.5 Å². The van der Waals surface area contributed by atoms with Crippen molar-refractivity contribution in [3.63, 3.8) is 0 Å². The molecular formula is C22H18BrCl3O4. The molecule has 2 aliphatic rings. The van der Waals surface area contributed by atoms with Crippen LogP contribution in [0.3, 0.4) is 0 Å². The first kappa shape index (κ1) is 22.0. The van der Waals surface area contributed by atoms with Crippen LogP contribution in [0.4, 0.5) is 0 Å². The highest BCUT2D eigenvalue weighted by molar-refractivity contribution is 9.10. The number of fused-ring (bicyclic) bond motifs is 1. The van der Waals surface area contributed by atoms with Crippen molar-refractivity contribution in [1.82, 2.24) is 0 Å². The molecule has 0 saturated heterocycles. The third-order valence-electron chi connectivity index (χ3n) is 5.33. The molecule has 2 aromatic rings. The van der Waals surface area contributed by atoms with E-state index in [9.17, 15) is 4.79 Å². The fourth-order valence-corrected chi connectivity index (χ4v) is 4.73. The molecule has 1 fully saturated rings. The van der Waals surface area contributed by atoms with Gasteiger partial charge in [0, 0.05) is 17.0 Å². The fourth-order valence-electron chi connectivity index (χ4n) is 3.71. The van der Waals surface area contributed by atoms with Gasteiger partial charge in [0.05, 0.1) is 33.1 Å².